The maximum Gasteiger partial charge on any atom is 0.211 e. The average molecular weight is 419 g/mol. The number of aliphatic imine (C=N–C) groups is 1. The molecule has 0 radical (unpaired) electrons. The van der Waals surface area contributed by atoms with Crippen LogP contribution in [0.3, 0.4) is 0 Å². The molecule has 11 heteroatoms. The molecule has 1 unspecified atom stereocenters. The number of fused-ring (bicyclic) bond motifs is 1. The minimum Gasteiger partial charge on any atom is -0.397 e. The first-order valence-electron chi connectivity index (χ1n) is 7.00. The van der Waals surface area contributed by atoms with Gasteiger partial charge < -0.3 is 16.8 Å². The van der Waals surface area contributed by atoms with Crippen LogP contribution in [-0.4, -0.2) is 10.9 Å². The monoisotopic (exact) mass is 418 g/mol. The number of nitrogens with one attached hydrogen (secondary N) is 2. The van der Waals surface area contributed by atoms with Gasteiger partial charge in [-0.3, -0.25) is 5.32 Å². The molecule has 6 N–H and O–H groups in total. The summed E-state index contributed by atoms with van der Waals surface area (Å²) in [5.74, 6) is -1.69. The summed E-state index contributed by atoms with van der Waals surface area (Å²) >= 11 is 3.07. The molecule has 26 heavy (non-hydrogen) atoms. The predicted molar refractivity (Wildman–Crippen MR) is 93.5 cm³/mol. The highest BCUT2D eigenvalue weighted by Gasteiger charge is 2.31. The molecule has 0 fully saturated rings. The number of nitrogens with two attached hydrogens (primary N) is 2. The first-order valence-corrected chi connectivity index (χ1v) is 7.80. The van der Waals surface area contributed by atoms with Gasteiger partial charge in [-0.15, -0.1) is 0 Å². The molecule has 1 aromatic heterocycles. The van der Waals surface area contributed by atoms with Gasteiger partial charge in [0.05, 0.1) is 10.2 Å². The molecule has 8 nitrogen and oxygen atoms in total. The van der Waals surface area contributed by atoms with Crippen LogP contribution in [0.15, 0.2) is 21.6 Å². The Hall–Kier alpha value is -3.44. The standard InChI is InChI=1S/C15H9BrF2N8/c16-10-6(1-5(17)2-8(10)18)12-9-11(21)7(3-19)13(22)25-14(9)26-15(24-12)23-4-20/h1-2,12H,(H6,21,22,23,24,25,26). The van der Waals surface area contributed by atoms with Crippen LogP contribution in [0.4, 0.5) is 26.1 Å². The SMILES string of the molecule is N#CNC1=NC(c2cc(F)cc(F)c2Br)c2c(nc(N)c(C#N)c2N)N1. The second-order valence-corrected chi connectivity index (χ2v) is 5.99. The highest BCUT2D eigenvalue weighted by atomic mass is 79.9. The molecule has 3 rings (SSSR count). The number of anilines is 3. The van der Waals surface area contributed by atoms with Crippen molar-refractivity contribution in [2.45, 2.75) is 6.04 Å². The van der Waals surface area contributed by atoms with Crippen LogP contribution in [0.25, 0.3) is 0 Å². The van der Waals surface area contributed by atoms with E-state index in [4.69, 9.17) is 16.7 Å². The van der Waals surface area contributed by atoms with Gasteiger partial charge in [0.2, 0.25) is 5.96 Å². The van der Waals surface area contributed by atoms with Gasteiger partial charge in [0, 0.05) is 17.2 Å². The van der Waals surface area contributed by atoms with Crippen LogP contribution >= 0.6 is 15.9 Å². The van der Waals surface area contributed by atoms with Crippen LogP contribution in [0, 0.1) is 34.4 Å². The number of benzene rings is 1. The summed E-state index contributed by atoms with van der Waals surface area (Å²) in [6.07, 6.45) is 1.68. The third-order valence-corrected chi connectivity index (χ3v) is 4.51. The third-order valence-electron chi connectivity index (χ3n) is 3.67. The van der Waals surface area contributed by atoms with E-state index in [9.17, 15) is 14.0 Å². The number of halogens is 3. The Morgan fingerprint density at radius 2 is 2.00 bits per heavy atom. The van der Waals surface area contributed by atoms with Gasteiger partial charge in [-0.1, -0.05) is 0 Å². The minimum absolute atomic E-state index is 0.0161. The lowest BCUT2D eigenvalue weighted by molar-refractivity contribution is 0.572. The maximum atomic E-state index is 14.0. The van der Waals surface area contributed by atoms with Gasteiger partial charge in [0.25, 0.3) is 0 Å². The molecule has 130 valence electrons. The Kier molecular flexibility index (Phi) is 4.32. The molecule has 1 aliphatic rings. The summed E-state index contributed by atoms with van der Waals surface area (Å²) in [5.41, 5.74) is 12.0. The fourth-order valence-corrected chi connectivity index (χ4v) is 3.03. The van der Waals surface area contributed by atoms with Crippen LogP contribution in [-0.2, 0) is 0 Å². The van der Waals surface area contributed by atoms with Crippen LogP contribution in [0.5, 0.6) is 0 Å². The van der Waals surface area contributed by atoms with Gasteiger partial charge >= 0.3 is 0 Å². The zero-order valence-electron chi connectivity index (χ0n) is 12.8. The Morgan fingerprint density at radius 1 is 1.27 bits per heavy atom. The van der Waals surface area contributed by atoms with Crippen molar-refractivity contribution in [3.63, 3.8) is 0 Å². The van der Waals surface area contributed by atoms with Crippen molar-refractivity contribution in [1.82, 2.24) is 10.3 Å². The molecule has 1 aromatic carbocycles. The quantitative estimate of drug-likeness (QED) is 0.314. The first-order chi connectivity index (χ1) is 12.4. The molecule has 1 aliphatic heterocycles. The van der Waals surface area contributed by atoms with Gasteiger partial charge in [-0.2, -0.15) is 10.5 Å². The van der Waals surface area contributed by atoms with Crippen LogP contribution in [0.1, 0.15) is 22.7 Å². The molecule has 0 saturated heterocycles. The summed E-state index contributed by atoms with van der Waals surface area (Å²) in [7, 11) is 0. The van der Waals surface area contributed by atoms with Crippen molar-refractivity contribution < 1.29 is 8.78 Å². The molecule has 2 heterocycles. The number of aromatic nitrogens is 1. The number of guanidine groups is 1. The van der Waals surface area contributed by atoms with Crippen molar-refractivity contribution in [3.8, 4) is 12.3 Å². The Morgan fingerprint density at radius 3 is 2.65 bits per heavy atom. The number of pyridine rings is 1. The van der Waals surface area contributed by atoms with Crippen LogP contribution < -0.4 is 22.1 Å². The number of nitrogens with zero attached hydrogens (tertiary/aromatic N) is 4. The van der Waals surface area contributed by atoms with Gasteiger partial charge in [0.15, 0.2) is 6.19 Å². The van der Waals surface area contributed by atoms with E-state index in [0.29, 0.717) is 6.07 Å². The highest BCUT2D eigenvalue weighted by Crippen LogP contribution is 2.43. The minimum atomic E-state index is -1.04. The van der Waals surface area contributed by atoms with Gasteiger partial charge in [0.1, 0.15) is 40.9 Å². The second kappa shape index (κ2) is 6.46. The number of hydrogen-bond acceptors (Lipinski definition) is 8. The fraction of sp³-hybridized carbons (Fsp3) is 0.0667. The van der Waals surface area contributed by atoms with E-state index >= 15 is 0 Å². The number of hydrogen-bond donors (Lipinski definition) is 4. The molecule has 0 bridgehead atoms. The number of nitriles is 2. The molecular formula is C15H9BrF2N8. The van der Waals surface area contributed by atoms with Gasteiger partial charge in [-0.05, 0) is 22.0 Å². The molecule has 0 spiro atoms. The second-order valence-electron chi connectivity index (χ2n) is 5.19. The van der Waals surface area contributed by atoms with E-state index in [1.54, 1.807) is 6.19 Å². The van der Waals surface area contributed by atoms with Crippen LogP contribution in [0.2, 0.25) is 0 Å². The molecule has 0 amide bonds. The largest absolute Gasteiger partial charge is 0.397 e. The highest BCUT2D eigenvalue weighted by molar-refractivity contribution is 9.10. The van der Waals surface area contributed by atoms with Crippen molar-refractivity contribution >= 4 is 39.2 Å². The summed E-state index contributed by atoms with van der Waals surface area (Å²) in [5, 5.41) is 23.1. The summed E-state index contributed by atoms with van der Waals surface area (Å²) < 4.78 is 27.7. The van der Waals surface area contributed by atoms with Gasteiger partial charge in [-0.25, -0.2) is 18.8 Å². The topological polar surface area (TPSA) is 149 Å². The van der Waals surface area contributed by atoms with E-state index in [-0.39, 0.29) is 44.4 Å². The summed E-state index contributed by atoms with van der Waals surface area (Å²) in [4.78, 5) is 8.29. The average Bonchev–Trinajstić information content (AvgIpc) is 2.58. The summed E-state index contributed by atoms with van der Waals surface area (Å²) in [6.45, 7) is 0. The molecule has 1 atom stereocenters. The number of rotatable bonds is 1. The molecule has 2 aromatic rings. The Balaban J connectivity index is 2.32. The first kappa shape index (κ1) is 17.4. The normalized spacial score (nSPS) is 15.1. The van der Waals surface area contributed by atoms with E-state index in [1.165, 1.54) is 0 Å². The third kappa shape index (κ3) is 2.74. The predicted octanol–water partition coefficient (Wildman–Crippen LogP) is 2.10. The van der Waals surface area contributed by atoms with E-state index in [0.717, 1.165) is 6.07 Å². The van der Waals surface area contributed by atoms with E-state index in [1.807, 2.05) is 6.07 Å². The van der Waals surface area contributed by atoms with E-state index < -0.39 is 17.7 Å². The van der Waals surface area contributed by atoms with Crippen molar-refractivity contribution in [1.29, 1.82) is 10.5 Å². The lowest BCUT2D eigenvalue weighted by atomic mass is 9.95. The lowest BCUT2D eigenvalue weighted by Gasteiger charge is -2.26. The molecule has 0 saturated carbocycles. The fourth-order valence-electron chi connectivity index (χ4n) is 2.58. The zero-order valence-corrected chi connectivity index (χ0v) is 14.4. The Bertz CT molecular complexity index is 1040. The van der Waals surface area contributed by atoms with Crippen molar-refractivity contribution in [3.05, 3.63) is 44.9 Å². The lowest BCUT2D eigenvalue weighted by Crippen LogP contribution is -2.33. The number of nitrogen functional groups attached to an aromatic ring is 2. The Labute approximate surface area is 154 Å². The van der Waals surface area contributed by atoms with Crippen molar-refractivity contribution in [2.24, 2.45) is 4.99 Å². The maximum absolute atomic E-state index is 14.0. The summed E-state index contributed by atoms with van der Waals surface area (Å²) in [6, 6.07) is 2.58. The van der Waals surface area contributed by atoms with E-state index in [2.05, 4.69) is 36.5 Å². The molecule has 0 aliphatic carbocycles. The smallest absolute Gasteiger partial charge is 0.211 e. The van der Waals surface area contributed by atoms with Crippen molar-refractivity contribution in [2.75, 3.05) is 16.8 Å². The molecular weight excluding hydrogens is 410 g/mol. The zero-order chi connectivity index (χ0) is 19.0.